The molecular weight excluding hydrogens is 230 g/mol. The highest BCUT2D eigenvalue weighted by Crippen LogP contribution is 2.45. The summed E-state index contributed by atoms with van der Waals surface area (Å²) in [5.74, 6) is 1.33. The van der Waals surface area contributed by atoms with Crippen LogP contribution in [0.2, 0.25) is 0 Å². The van der Waals surface area contributed by atoms with Crippen LogP contribution in [0.4, 0.5) is 0 Å². The summed E-state index contributed by atoms with van der Waals surface area (Å²) in [4.78, 5) is 12.2. The van der Waals surface area contributed by atoms with Crippen molar-refractivity contribution in [3.05, 3.63) is 0 Å². The van der Waals surface area contributed by atoms with Crippen molar-refractivity contribution in [2.24, 2.45) is 28.1 Å². The van der Waals surface area contributed by atoms with Gasteiger partial charge in [-0.3, -0.25) is 4.79 Å². The van der Waals surface area contributed by atoms with Crippen molar-refractivity contribution >= 4 is 11.7 Å². The molecule has 0 aromatic carbocycles. The zero-order valence-electron chi connectivity index (χ0n) is 11.0. The molecule has 0 radical (unpaired) electrons. The highest BCUT2D eigenvalue weighted by Gasteiger charge is 2.51. The molecule has 18 heavy (non-hydrogen) atoms. The van der Waals surface area contributed by atoms with Crippen LogP contribution >= 0.6 is 0 Å². The van der Waals surface area contributed by atoms with Gasteiger partial charge in [-0.1, -0.05) is 24.9 Å². The van der Waals surface area contributed by atoms with Crippen molar-refractivity contribution in [2.45, 2.75) is 45.4 Å². The first-order chi connectivity index (χ1) is 8.58. The van der Waals surface area contributed by atoms with Gasteiger partial charge in [0, 0.05) is 6.54 Å². The number of nitrogens with zero attached hydrogens (tertiary/aromatic N) is 1. The first kappa shape index (κ1) is 13.2. The second kappa shape index (κ2) is 5.16. The lowest BCUT2D eigenvalue weighted by molar-refractivity contribution is -0.133. The molecule has 1 amide bonds. The topological polar surface area (TPSA) is 87.7 Å². The van der Waals surface area contributed by atoms with E-state index in [4.69, 9.17) is 10.9 Å². The number of hydrogen-bond acceptors (Lipinski definition) is 3. The number of carbonyl (C=O) groups is 1. The van der Waals surface area contributed by atoms with Crippen LogP contribution in [0.1, 0.15) is 45.4 Å². The third-order valence-electron chi connectivity index (χ3n) is 4.20. The van der Waals surface area contributed by atoms with Crippen LogP contribution in [-0.2, 0) is 4.79 Å². The zero-order chi connectivity index (χ0) is 13.2. The van der Waals surface area contributed by atoms with Gasteiger partial charge in [0.1, 0.15) is 5.41 Å². The van der Waals surface area contributed by atoms with Gasteiger partial charge < -0.3 is 16.3 Å². The van der Waals surface area contributed by atoms with Gasteiger partial charge >= 0.3 is 0 Å². The van der Waals surface area contributed by atoms with Gasteiger partial charge in [0.15, 0.2) is 5.84 Å². The van der Waals surface area contributed by atoms with E-state index in [0.29, 0.717) is 25.3 Å². The Morgan fingerprint density at radius 2 is 2.17 bits per heavy atom. The normalized spacial score (nSPS) is 31.8. The summed E-state index contributed by atoms with van der Waals surface area (Å²) in [5, 5.41) is 14.8. The maximum Gasteiger partial charge on any atom is 0.233 e. The molecule has 0 aromatic rings. The Kier molecular flexibility index (Phi) is 3.78. The molecule has 5 nitrogen and oxygen atoms in total. The second-order valence-electron chi connectivity index (χ2n) is 5.92. The van der Waals surface area contributed by atoms with E-state index in [1.54, 1.807) is 0 Å². The molecule has 0 aromatic heterocycles. The minimum Gasteiger partial charge on any atom is -0.409 e. The smallest absolute Gasteiger partial charge is 0.233 e. The Morgan fingerprint density at radius 1 is 1.50 bits per heavy atom. The molecule has 0 bridgehead atoms. The lowest BCUT2D eigenvalue weighted by Gasteiger charge is -2.43. The van der Waals surface area contributed by atoms with Crippen LogP contribution in [-0.4, -0.2) is 23.5 Å². The maximum atomic E-state index is 12.2. The summed E-state index contributed by atoms with van der Waals surface area (Å²) in [6.45, 7) is 2.77. The molecule has 0 saturated heterocycles. The van der Waals surface area contributed by atoms with E-state index in [2.05, 4.69) is 17.4 Å². The first-order valence-electron chi connectivity index (χ1n) is 6.85. The van der Waals surface area contributed by atoms with Gasteiger partial charge in [0.05, 0.1) is 0 Å². The van der Waals surface area contributed by atoms with E-state index in [-0.39, 0.29) is 11.7 Å². The van der Waals surface area contributed by atoms with Crippen LogP contribution < -0.4 is 11.1 Å². The zero-order valence-corrected chi connectivity index (χ0v) is 11.0. The second-order valence-corrected chi connectivity index (χ2v) is 5.92. The van der Waals surface area contributed by atoms with Crippen LogP contribution in [0.15, 0.2) is 5.16 Å². The molecule has 102 valence electrons. The predicted molar refractivity (Wildman–Crippen MR) is 69.2 cm³/mol. The van der Waals surface area contributed by atoms with Crippen molar-refractivity contribution in [1.29, 1.82) is 0 Å². The number of nitrogens with two attached hydrogens (primary N) is 1. The lowest BCUT2D eigenvalue weighted by Crippen LogP contribution is -2.56. The molecule has 2 aliphatic carbocycles. The van der Waals surface area contributed by atoms with E-state index in [0.717, 1.165) is 12.3 Å². The van der Waals surface area contributed by atoms with Gasteiger partial charge in [-0.2, -0.15) is 0 Å². The van der Waals surface area contributed by atoms with E-state index in [1.807, 2.05) is 0 Å². The van der Waals surface area contributed by atoms with Gasteiger partial charge in [0.2, 0.25) is 5.91 Å². The highest BCUT2D eigenvalue weighted by molar-refractivity contribution is 6.07. The van der Waals surface area contributed by atoms with E-state index in [9.17, 15) is 4.79 Å². The molecule has 2 saturated carbocycles. The van der Waals surface area contributed by atoms with Crippen molar-refractivity contribution in [3.63, 3.8) is 0 Å². The van der Waals surface area contributed by atoms with Crippen molar-refractivity contribution in [3.8, 4) is 0 Å². The predicted octanol–water partition coefficient (Wildman–Crippen LogP) is 1.46. The number of carbonyl (C=O) groups excluding carboxylic acids is 1. The summed E-state index contributed by atoms with van der Waals surface area (Å²) in [5.41, 5.74) is 4.92. The van der Waals surface area contributed by atoms with Crippen molar-refractivity contribution < 1.29 is 10.0 Å². The minimum absolute atomic E-state index is 0.0558. The number of amidine groups is 1. The summed E-state index contributed by atoms with van der Waals surface area (Å²) in [7, 11) is 0. The summed E-state index contributed by atoms with van der Waals surface area (Å²) in [6, 6.07) is 0. The molecule has 0 atom stereocenters. The molecule has 5 heteroatoms. The van der Waals surface area contributed by atoms with Crippen LogP contribution in [0.3, 0.4) is 0 Å². The Balaban J connectivity index is 1.80. The molecule has 2 aliphatic rings. The Bertz CT molecular complexity index is 344. The minimum atomic E-state index is -0.756. The molecular formula is C13H23N3O2. The van der Waals surface area contributed by atoms with Gasteiger partial charge in [-0.15, -0.1) is 0 Å². The largest absolute Gasteiger partial charge is 0.409 e. The lowest BCUT2D eigenvalue weighted by atomic mass is 9.61. The summed E-state index contributed by atoms with van der Waals surface area (Å²) in [6.07, 6.45) is 6.28. The molecule has 0 heterocycles. The van der Waals surface area contributed by atoms with Crippen molar-refractivity contribution in [2.75, 3.05) is 6.54 Å². The molecule has 2 rings (SSSR count). The summed E-state index contributed by atoms with van der Waals surface area (Å²) >= 11 is 0. The number of oxime groups is 1. The molecule has 0 aliphatic heterocycles. The first-order valence-corrected chi connectivity index (χ1v) is 6.85. The standard InChI is InChI=1S/C13H23N3O2/c1-9-7-13(8-9,11(14)16-18)12(17)15-6-2-3-10-4-5-10/h9-10,18H,2-8H2,1H3,(H2,14,16)(H,15,17). The number of rotatable bonds is 6. The molecule has 2 fully saturated rings. The maximum absolute atomic E-state index is 12.2. The monoisotopic (exact) mass is 253 g/mol. The fourth-order valence-corrected chi connectivity index (χ4v) is 2.90. The van der Waals surface area contributed by atoms with Crippen LogP contribution in [0, 0.1) is 17.3 Å². The fourth-order valence-electron chi connectivity index (χ4n) is 2.90. The molecule has 4 N–H and O–H groups in total. The van der Waals surface area contributed by atoms with Crippen LogP contribution in [0.5, 0.6) is 0 Å². The van der Waals surface area contributed by atoms with Gasteiger partial charge in [-0.05, 0) is 37.5 Å². The Labute approximate surface area is 108 Å². The average molecular weight is 253 g/mol. The quantitative estimate of drug-likeness (QED) is 0.220. The third-order valence-corrected chi connectivity index (χ3v) is 4.20. The van der Waals surface area contributed by atoms with Gasteiger partial charge in [-0.25, -0.2) is 0 Å². The average Bonchev–Trinajstić information content (AvgIpc) is 3.13. The van der Waals surface area contributed by atoms with E-state index < -0.39 is 5.41 Å². The van der Waals surface area contributed by atoms with E-state index in [1.165, 1.54) is 19.3 Å². The fraction of sp³-hybridized carbons (Fsp3) is 0.846. The third kappa shape index (κ3) is 2.60. The Morgan fingerprint density at radius 3 is 2.67 bits per heavy atom. The summed E-state index contributed by atoms with van der Waals surface area (Å²) < 4.78 is 0. The number of hydrogen-bond donors (Lipinski definition) is 3. The van der Waals surface area contributed by atoms with Gasteiger partial charge in [0.25, 0.3) is 0 Å². The van der Waals surface area contributed by atoms with Crippen LogP contribution in [0.25, 0.3) is 0 Å². The Hall–Kier alpha value is -1.26. The highest BCUT2D eigenvalue weighted by atomic mass is 16.4. The molecule has 0 unspecified atom stereocenters. The van der Waals surface area contributed by atoms with Crippen molar-refractivity contribution in [1.82, 2.24) is 5.32 Å². The number of amides is 1. The van der Waals surface area contributed by atoms with E-state index >= 15 is 0 Å². The number of nitrogens with one attached hydrogen (secondary N) is 1. The molecule has 0 spiro atoms. The SMILES string of the molecule is CC1CC(C(=O)NCCCC2CC2)(C(N)=NO)C1.